The smallest absolute Gasteiger partial charge is 0.434 e. The number of hydrogen-bond donors (Lipinski definition) is 2. The van der Waals surface area contributed by atoms with Gasteiger partial charge in [-0.25, -0.2) is 4.98 Å². The minimum absolute atomic E-state index is 0. The Kier molecular flexibility index (Phi) is 8.76. The Morgan fingerprint density at radius 1 is 1.31 bits per heavy atom. The highest BCUT2D eigenvalue weighted by Gasteiger charge is 2.33. The fraction of sp³-hybridized carbons (Fsp3) is 0.556. The van der Waals surface area contributed by atoms with Gasteiger partial charge in [0.25, 0.3) is 0 Å². The van der Waals surface area contributed by atoms with E-state index in [0.29, 0.717) is 17.5 Å². The number of aryl methyl sites for hydroxylation is 1. The molecule has 3 rings (SSSR count). The molecule has 0 aliphatic carbocycles. The van der Waals surface area contributed by atoms with Crippen molar-refractivity contribution in [2.75, 3.05) is 26.7 Å². The van der Waals surface area contributed by atoms with Crippen LogP contribution in [0.3, 0.4) is 0 Å². The van der Waals surface area contributed by atoms with E-state index in [9.17, 15) is 13.2 Å². The van der Waals surface area contributed by atoms with E-state index in [1.54, 1.807) is 7.05 Å². The van der Waals surface area contributed by atoms with E-state index in [1.165, 1.54) is 0 Å². The molecule has 29 heavy (non-hydrogen) atoms. The van der Waals surface area contributed by atoms with Gasteiger partial charge < -0.3 is 15.1 Å². The lowest BCUT2D eigenvalue weighted by atomic mass is 10.2. The Bertz CT molecular complexity index is 802. The fourth-order valence-electron chi connectivity index (χ4n) is 3.19. The van der Waals surface area contributed by atoms with E-state index in [-0.39, 0.29) is 36.6 Å². The molecule has 0 amide bonds. The van der Waals surface area contributed by atoms with Gasteiger partial charge in [-0.15, -0.1) is 35.3 Å². The molecule has 1 aliphatic heterocycles. The summed E-state index contributed by atoms with van der Waals surface area (Å²) in [6.45, 7) is 4.70. The predicted molar refractivity (Wildman–Crippen MR) is 118 cm³/mol. The van der Waals surface area contributed by atoms with Crippen LogP contribution in [0.5, 0.6) is 0 Å². The lowest BCUT2D eigenvalue weighted by molar-refractivity contribution is -0.140. The van der Waals surface area contributed by atoms with E-state index in [2.05, 4.69) is 25.5 Å². The number of nitrogens with one attached hydrogen (secondary N) is 2. The molecule has 2 N–H and O–H groups in total. The van der Waals surface area contributed by atoms with E-state index >= 15 is 0 Å². The molecule has 2 aromatic heterocycles. The highest BCUT2D eigenvalue weighted by atomic mass is 127. The lowest BCUT2D eigenvalue weighted by Crippen LogP contribution is -2.42. The van der Waals surface area contributed by atoms with Crippen molar-refractivity contribution in [2.45, 2.75) is 38.5 Å². The van der Waals surface area contributed by atoms with Crippen LogP contribution in [0.25, 0.3) is 0 Å². The first-order valence-corrected chi connectivity index (χ1v) is 10.0. The Morgan fingerprint density at radius 2 is 2.03 bits per heavy atom. The molecule has 6 nitrogen and oxygen atoms in total. The monoisotopic (exact) mass is 543 g/mol. The SMILES string of the molecule is CN=C(NCc1nc(C(F)(F)F)cs1)NCC(c1ccc(C)o1)N1CCCC1.I. The minimum atomic E-state index is -4.42. The van der Waals surface area contributed by atoms with Gasteiger partial charge in [0.2, 0.25) is 0 Å². The second kappa shape index (κ2) is 10.6. The van der Waals surface area contributed by atoms with Crippen LogP contribution in [0.2, 0.25) is 0 Å². The first kappa shape index (κ1) is 23.9. The third-order valence-corrected chi connectivity index (χ3v) is 5.46. The molecule has 2 aromatic rings. The van der Waals surface area contributed by atoms with Crippen LogP contribution in [0.15, 0.2) is 26.9 Å². The van der Waals surface area contributed by atoms with Crippen molar-refractivity contribution in [3.8, 4) is 0 Å². The summed E-state index contributed by atoms with van der Waals surface area (Å²) in [5.74, 6) is 2.28. The number of alkyl halides is 3. The molecule has 3 heterocycles. The quantitative estimate of drug-likeness (QED) is 0.325. The van der Waals surface area contributed by atoms with Gasteiger partial charge >= 0.3 is 6.18 Å². The summed E-state index contributed by atoms with van der Waals surface area (Å²) < 4.78 is 43.8. The van der Waals surface area contributed by atoms with Crippen molar-refractivity contribution in [3.05, 3.63) is 39.7 Å². The third kappa shape index (κ3) is 6.57. The molecule has 11 heteroatoms. The molecular weight excluding hydrogens is 518 g/mol. The van der Waals surface area contributed by atoms with E-state index in [0.717, 1.165) is 54.2 Å². The number of aromatic nitrogens is 1. The summed E-state index contributed by atoms with van der Waals surface area (Å²) in [6, 6.07) is 4.02. The Balaban J connectivity index is 0.00000300. The number of guanidine groups is 1. The molecule has 1 fully saturated rings. The standard InChI is InChI=1S/C18H24F3N5OS.HI/c1-12-5-6-14(27-12)13(26-7-3-4-8-26)9-23-17(22-2)24-10-16-25-15(11-28-16)18(19,20)21;/h5-6,11,13H,3-4,7-10H2,1-2H3,(H2,22,23,24);1H. The average molecular weight is 543 g/mol. The number of furan rings is 1. The molecular formula is C18H25F3IN5OS. The zero-order valence-corrected chi connectivity index (χ0v) is 19.4. The summed E-state index contributed by atoms with van der Waals surface area (Å²) in [4.78, 5) is 10.1. The van der Waals surface area contributed by atoms with Gasteiger partial charge in [-0.1, -0.05) is 0 Å². The number of aliphatic imine (C=N–C) groups is 1. The first-order chi connectivity index (χ1) is 13.4. The largest absolute Gasteiger partial charge is 0.465 e. The summed E-state index contributed by atoms with van der Waals surface area (Å²) in [7, 11) is 1.63. The molecule has 0 saturated carbocycles. The fourth-order valence-corrected chi connectivity index (χ4v) is 3.93. The van der Waals surface area contributed by atoms with Crippen LogP contribution < -0.4 is 10.6 Å². The van der Waals surface area contributed by atoms with Crippen molar-refractivity contribution in [1.29, 1.82) is 0 Å². The summed E-state index contributed by atoms with van der Waals surface area (Å²) >= 11 is 0.974. The molecule has 162 valence electrons. The summed E-state index contributed by atoms with van der Waals surface area (Å²) in [6.07, 6.45) is -2.09. The van der Waals surface area contributed by atoms with Crippen LogP contribution in [-0.4, -0.2) is 42.5 Å². The average Bonchev–Trinajstić information content (AvgIpc) is 3.39. The Morgan fingerprint density at radius 3 is 2.59 bits per heavy atom. The Hall–Kier alpha value is -1.34. The molecule has 0 bridgehead atoms. The molecule has 1 unspecified atom stereocenters. The number of rotatable bonds is 6. The molecule has 0 radical (unpaired) electrons. The molecule has 1 aliphatic rings. The highest BCUT2D eigenvalue weighted by Crippen LogP contribution is 2.30. The topological polar surface area (TPSA) is 65.7 Å². The summed E-state index contributed by atoms with van der Waals surface area (Å²) in [5, 5.41) is 7.66. The van der Waals surface area contributed by atoms with Crippen molar-refractivity contribution in [1.82, 2.24) is 20.5 Å². The molecule has 1 atom stereocenters. The Labute approximate surface area is 189 Å². The maximum atomic E-state index is 12.7. The van der Waals surface area contributed by atoms with Crippen LogP contribution in [-0.2, 0) is 12.7 Å². The molecule has 0 spiro atoms. The number of thiazole rings is 1. The van der Waals surface area contributed by atoms with Gasteiger partial charge in [0, 0.05) is 19.0 Å². The van der Waals surface area contributed by atoms with Crippen LogP contribution in [0, 0.1) is 6.92 Å². The lowest BCUT2D eigenvalue weighted by Gasteiger charge is -2.26. The van der Waals surface area contributed by atoms with Crippen LogP contribution in [0.4, 0.5) is 13.2 Å². The molecule has 1 saturated heterocycles. The normalized spacial score (nSPS) is 16.5. The first-order valence-electron chi connectivity index (χ1n) is 9.13. The third-order valence-electron chi connectivity index (χ3n) is 4.61. The minimum Gasteiger partial charge on any atom is -0.465 e. The van der Waals surface area contributed by atoms with Gasteiger partial charge in [0.05, 0.1) is 12.6 Å². The highest BCUT2D eigenvalue weighted by molar-refractivity contribution is 14.0. The maximum absolute atomic E-state index is 12.7. The van der Waals surface area contributed by atoms with Gasteiger partial charge in [-0.2, -0.15) is 13.2 Å². The van der Waals surface area contributed by atoms with Gasteiger partial charge in [0.1, 0.15) is 16.5 Å². The zero-order chi connectivity index (χ0) is 20.1. The van der Waals surface area contributed by atoms with Crippen molar-refractivity contribution in [3.63, 3.8) is 0 Å². The number of halogens is 4. The number of likely N-dealkylation sites (tertiary alicyclic amines) is 1. The van der Waals surface area contributed by atoms with Gasteiger partial charge in [0.15, 0.2) is 11.7 Å². The van der Waals surface area contributed by atoms with Crippen LogP contribution >= 0.6 is 35.3 Å². The second-order valence-electron chi connectivity index (χ2n) is 6.64. The van der Waals surface area contributed by atoms with Crippen molar-refractivity contribution in [2.24, 2.45) is 4.99 Å². The zero-order valence-electron chi connectivity index (χ0n) is 16.3. The molecule has 0 aromatic carbocycles. The van der Waals surface area contributed by atoms with E-state index in [1.807, 2.05) is 19.1 Å². The van der Waals surface area contributed by atoms with Crippen molar-refractivity contribution < 1.29 is 17.6 Å². The van der Waals surface area contributed by atoms with Gasteiger partial charge in [-0.05, 0) is 45.0 Å². The number of hydrogen-bond acceptors (Lipinski definition) is 5. The predicted octanol–water partition coefficient (Wildman–Crippen LogP) is 4.18. The van der Waals surface area contributed by atoms with E-state index < -0.39 is 11.9 Å². The summed E-state index contributed by atoms with van der Waals surface area (Å²) in [5.41, 5.74) is -0.862. The van der Waals surface area contributed by atoms with Crippen LogP contribution in [0.1, 0.15) is 41.1 Å². The maximum Gasteiger partial charge on any atom is 0.434 e. The second-order valence-corrected chi connectivity index (χ2v) is 7.58. The van der Waals surface area contributed by atoms with Gasteiger partial charge in [-0.3, -0.25) is 9.89 Å². The van der Waals surface area contributed by atoms with Crippen molar-refractivity contribution >= 4 is 41.3 Å². The van der Waals surface area contributed by atoms with E-state index in [4.69, 9.17) is 4.42 Å². The number of nitrogens with zero attached hydrogens (tertiary/aromatic N) is 3.